The Kier molecular flexibility index (Phi) is 3.86. The highest BCUT2D eigenvalue weighted by molar-refractivity contribution is 5.99. The number of guanidine groups is 1. The van der Waals surface area contributed by atoms with Gasteiger partial charge < -0.3 is 5.32 Å². The first-order valence-electron chi connectivity index (χ1n) is 8.34. The number of para-hydroxylation sites is 1. The first-order chi connectivity index (χ1) is 12.2. The van der Waals surface area contributed by atoms with Gasteiger partial charge in [-0.1, -0.05) is 42.5 Å². The summed E-state index contributed by atoms with van der Waals surface area (Å²) in [6.07, 6.45) is 0. The van der Waals surface area contributed by atoms with Gasteiger partial charge in [0.15, 0.2) is 0 Å². The summed E-state index contributed by atoms with van der Waals surface area (Å²) in [7, 11) is 0. The number of benzene rings is 3. The number of fused-ring (bicyclic) bond motifs is 1. The van der Waals surface area contributed by atoms with E-state index < -0.39 is 0 Å². The summed E-state index contributed by atoms with van der Waals surface area (Å²) >= 11 is 0. The van der Waals surface area contributed by atoms with Crippen LogP contribution < -0.4 is 16.2 Å². The minimum atomic E-state index is 0.679. The Labute approximate surface area is 147 Å². The molecule has 0 aliphatic carbocycles. The minimum absolute atomic E-state index is 0.679. The Bertz CT molecular complexity index is 925. The predicted octanol–water partition coefficient (Wildman–Crippen LogP) is 5.00. The molecule has 4 heteroatoms. The van der Waals surface area contributed by atoms with Gasteiger partial charge in [-0.25, -0.2) is 4.99 Å². The average Bonchev–Trinajstić information content (AvgIpc) is 2.62. The largest absolute Gasteiger partial charge is 0.325 e. The van der Waals surface area contributed by atoms with Crippen molar-refractivity contribution in [1.82, 2.24) is 5.43 Å². The quantitative estimate of drug-likeness (QED) is 0.620. The Hall–Kier alpha value is -3.27. The van der Waals surface area contributed by atoms with Gasteiger partial charge in [0.1, 0.15) is 0 Å². The number of hydrogen-bond donors (Lipinski definition) is 3. The summed E-state index contributed by atoms with van der Waals surface area (Å²) in [5.41, 5.74) is 14.3. The fraction of sp³-hybridized carbons (Fsp3) is 0.0952. The maximum Gasteiger partial charge on any atom is 0.220 e. The molecule has 3 N–H and O–H groups in total. The van der Waals surface area contributed by atoms with Gasteiger partial charge in [0.2, 0.25) is 5.96 Å². The fourth-order valence-electron chi connectivity index (χ4n) is 3.15. The lowest BCUT2D eigenvalue weighted by atomic mass is 9.95. The molecule has 4 rings (SSSR count). The van der Waals surface area contributed by atoms with E-state index in [4.69, 9.17) is 0 Å². The van der Waals surface area contributed by atoms with Crippen molar-refractivity contribution in [2.24, 2.45) is 4.99 Å². The molecule has 25 heavy (non-hydrogen) atoms. The topological polar surface area (TPSA) is 48.4 Å². The van der Waals surface area contributed by atoms with Crippen LogP contribution in [-0.2, 0) is 0 Å². The van der Waals surface area contributed by atoms with Gasteiger partial charge in [0, 0.05) is 5.69 Å². The molecule has 4 nitrogen and oxygen atoms in total. The number of hydrazine groups is 1. The van der Waals surface area contributed by atoms with Crippen molar-refractivity contribution >= 4 is 23.0 Å². The molecular weight excluding hydrogens is 308 g/mol. The second-order valence-corrected chi connectivity index (χ2v) is 6.20. The molecule has 0 atom stereocenters. The summed E-state index contributed by atoms with van der Waals surface area (Å²) in [4.78, 5) is 4.65. The summed E-state index contributed by atoms with van der Waals surface area (Å²) in [5, 5.41) is 3.26. The average molecular weight is 328 g/mol. The number of rotatable bonds is 2. The molecule has 3 aromatic rings. The maximum atomic E-state index is 4.65. The third kappa shape index (κ3) is 3.06. The first-order valence-corrected chi connectivity index (χ1v) is 8.34. The molecule has 1 aliphatic rings. The van der Waals surface area contributed by atoms with Crippen LogP contribution in [0.25, 0.3) is 11.1 Å². The van der Waals surface area contributed by atoms with Crippen molar-refractivity contribution in [3.05, 3.63) is 77.9 Å². The van der Waals surface area contributed by atoms with E-state index in [0.717, 1.165) is 17.1 Å². The molecule has 0 saturated carbocycles. The van der Waals surface area contributed by atoms with Gasteiger partial charge in [0.25, 0.3) is 0 Å². The van der Waals surface area contributed by atoms with Crippen LogP contribution in [0.1, 0.15) is 11.1 Å². The molecule has 1 heterocycles. The van der Waals surface area contributed by atoms with E-state index >= 15 is 0 Å². The van der Waals surface area contributed by atoms with E-state index in [1.54, 1.807) is 0 Å². The lowest BCUT2D eigenvalue weighted by Gasteiger charge is -2.21. The lowest BCUT2D eigenvalue weighted by Crippen LogP contribution is -2.37. The number of nitrogens with one attached hydrogen (secondary N) is 3. The van der Waals surface area contributed by atoms with Gasteiger partial charge in [-0.15, -0.1) is 0 Å². The maximum absolute atomic E-state index is 4.65. The van der Waals surface area contributed by atoms with Gasteiger partial charge in [0.05, 0.1) is 11.4 Å². The molecule has 0 fully saturated rings. The summed E-state index contributed by atoms with van der Waals surface area (Å²) < 4.78 is 0. The van der Waals surface area contributed by atoms with Crippen molar-refractivity contribution in [3.8, 4) is 11.1 Å². The zero-order valence-corrected chi connectivity index (χ0v) is 14.3. The van der Waals surface area contributed by atoms with Crippen LogP contribution in [0.2, 0.25) is 0 Å². The van der Waals surface area contributed by atoms with Gasteiger partial charge >= 0.3 is 0 Å². The zero-order chi connectivity index (χ0) is 17.2. The van der Waals surface area contributed by atoms with Crippen LogP contribution >= 0.6 is 0 Å². The second-order valence-electron chi connectivity index (χ2n) is 6.20. The molecule has 0 saturated heterocycles. The highest BCUT2D eigenvalue weighted by Crippen LogP contribution is 2.34. The fourth-order valence-corrected chi connectivity index (χ4v) is 3.15. The number of anilines is 2. The normalized spacial score (nSPS) is 12.5. The third-order valence-electron chi connectivity index (χ3n) is 4.35. The molecule has 0 bridgehead atoms. The van der Waals surface area contributed by atoms with Gasteiger partial charge in [-0.3, -0.25) is 10.9 Å². The van der Waals surface area contributed by atoms with Crippen LogP contribution in [0.4, 0.5) is 17.1 Å². The van der Waals surface area contributed by atoms with Gasteiger partial charge in [-0.05, 0) is 60.4 Å². The van der Waals surface area contributed by atoms with Crippen LogP contribution in [0.5, 0.6) is 0 Å². The number of hydrogen-bond acceptors (Lipinski definition) is 4. The monoisotopic (exact) mass is 328 g/mol. The highest BCUT2D eigenvalue weighted by atomic mass is 15.4. The van der Waals surface area contributed by atoms with Crippen LogP contribution in [0.15, 0.2) is 71.7 Å². The van der Waals surface area contributed by atoms with Crippen molar-refractivity contribution in [3.63, 3.8) is 0 Å². The molecule has 124 valence electrons. The van der Waals surface area contributed by atoms with E-state index in [1.165, 1.54) is 22.3 Å². The summed E-state index contributed by atoms with van der Waals surface area (Å²) in [6.45, 7) is 4.29. The molecule has 0 unspecified atom stereocenters. The second kappa shape index (κ2) is 6.32. The van der Waals surface area contributed by atoms with Crippen molar-refractivity contribution in [2.45, 2.75) is 13.8 Å². The predicted molar refractivity (Wildman–Crippen MR) is 105 cm³/mol. The Morgan fingerprint density at radius 1 is 0.800 bits per heavy atom. The van der Waals surface area contributed by atoms with Crippen molar-refractivity contribution in [2.75, 3.05) is 10.7 Å². The highest BCUT2D eigenvalue weighted by Gasteiger charge is 2.13. The smallest absolute Gasteiger partial charge is 0.220 e. The van der Waals surface area contributed by atoms with Gasteiger partial charge in [-0.2, -0.15) is 0 Å². The molecule has 3 aromatic carbocycles. The van der Waals surface area contributed by atoms with Crippen molar-refractivity contribution < 1.29 is 0 Å². The molecular formula is C21H20N4. The third-order valence-corrected chi connectivity index (χ3v) is 4.35. The van der Waals surface area contributed by atoms with E-state index in [1.807, 2.05) is 30.3 Å². The molecule has 1 aliphatic heterocycles. The Morgan fingerprint density at radius 3 is 2.32 bits per heavy atom. The summed E-state index contributed by atoms with van der Waals surface area (Å²) in [5.74, 6) is 0.679. The first kappa shape index (κ1) is 15.3. The zero-order valence-electron chi connectivity index (χ0n) is 14.3. The van der Waals surface area contributed by atoms with Crippen molar-refractivity contribution in [1.29, 1.82) is 0 Å². The van der Waals surface area contributed by atoms with E-state index in [-0.39, 0.29) is 0 Å². The number of aliphatic imine (C=N–C) groups is 1. The Balaban J connectivity index is 1.65. The van der Waals surface area contributed by atoms with E-state index in [9.17, 15) is 0 Å². The molecule has 0 radical (unpaired) electrons. The SMILES string of the molecule is Cc1cccc(C)c1-c1ccc2c(c1)NNC(Nc1ccccc1)=N2. The van der Waals surface area contributed by atoms with Crippen LogP contribution in [-0.4, -0.2) is 5.96 Å². The number of aryl methyl sites for hydroxylation is 2. The van der Waals surface area contributed by atoms with Crippen LogP contribution in [0, 0.1) is 13.8 Å². The summed E-state index contributed by atoms with van der Waals surface area (Å²) in [6, 6.07) is 22.7. The standard InChI is InChI=1S/C21H20N4/c1-14-7-6-8-15(2)20(14)16-11-12-18-19(13-16)24-25-21(23-18)22-17-9-4-3-5-10-17/h3-13,24H,1-2H3,(H2,22,23,25). The number of nitrogens with zero attached hydrogens (tertiary/aromatic N) is 1. The Morgan fingerprint density at radius 2 is 1.56 bits per heavy atom. The lowest BCUT2D eigenvalue weighted by molar-refractivity contribution is 1.08. The van der Waals surface area contributed by atoms with E-state index in [0.29, 0.717) is 5.96 Å². The van der Waals surface area contributed by atoms with Crippen LogP contribution in [0.3, 0.4) is 0 Å². The molecule has 0 spiro atoms. The molecule has 0 amide bonds. The molecule has 0 aromatic heterocycles. The minimum Gasteiger partial charge on any atom is -0.325 e. The van der Waals surface area contributed by atoms with E-state index in [2.05, 4.69) is 71.4 Å².